The smallest absolute Gasteiger partial charge is 0.287 e. The van der Waals surface area contributed by atoms with E-state index in [1.165, 1.54) is 18.2 Å². The van der Waals surface area contributed by atoms with Crippen LogP contribution in [0.25, 0.3) is 5.57 Å². The minimum atomic E-state index is -4.41. The van der Waals surface area contributed by atoms with Crippen LogP contribution in [0.15, 0.2) is 42.5 Å². The lowest BCUT2D eigenvalue weighted by atomic mass is 9.94. The molecular formula is C12H13NO4S. The van der Waals surface area contributed by atoms with Crippen molar-refractivity contribution < 1.29 is 18.1 Å². The zero-order valence-corrected chi connectivity index (χ0v) is 10.3. The van der Waals surface area contributed by atoms with Gasteiger partial charge in [0.15, 0.2) is 4.87 Å². The summed E-state index contributed by atoms with van der Waals surface area (Å²) in [6.45, 7) is 0. The molecule has 1 atom stereocenters. The Morgan fingerprint density at radius 1 is 1.28 bits per heavy atom. The standard InChI is InChI=1S/C12H13NO4S/c13-12(18(15,16)17)7-3-4-9(8-12)10-5-1-2-6-11(10)14/h1-7,14H,8,13H2,(H,15,16,17). The number of benzene rings is 1. The molecule has 4 N–H and O–H groups in total. The van der Waals surface area contributed by atoms with E-state index in [1.807, 2.05) is 0 Å². The quantitative estimate of drug-likeness (QED) is 0.701. The van der Waals surface area contributed by atoms with Crippen LogP contribution >= 0.6 is 0 Å². The molecule has 18 heavy (non-hydrogen) atoms. The second-order valence-electron chi connectivity index (χ2n) is 4.17. The first kappa shape index (κ1) is 12.8. The number of phenols is 1. The SMILES string of the molecule is NC1(S(=O)(=O)O)C=CC=C(c2ccccc2O)C1. The molecule has 0 heterocycles. The molecule has 1 unspecified atom stereocenters. The maximum atomic E-state index is 11.3. The number of nitrogens with two attached hydrogens (primary N) is 1. The largest absolute Gasteiger partial charge is 0.507 e. The van der Waals surface area contributed by atoms with Gasteiger partial charge in [0.05, 0.1) is 0 Å². The Morgan fingerprint density at radius 2 is 1.94 bits per heavy atom. The molecule has 1 aliphatic carbocycles. The molecule has 5 nitrogen and oxygen atoms in total. The first-order chi connectivity index (χ1) is 8.33. The molecule has 0 amide bonds. The molecule has 0 saturated carbocycles. The molecule has 1 aliphatic rings. The fraction of sp³-hybridized carbons (Fsp3) is 0.167. The molecule has 0 aliphatic heterocycles. The van der Waals surface area contributed by atoms with Gasteiger partial charge in [-0.3, -0.25) is 4.55 Å². The Labute approximate surface area is 105 Å². The van der Waals surface area contributed by atoms with Crippen molar-refractivity contribution in [2.24, 2.45) is 5.73 Å². The average Bonchev–Trinajstić information content (AvgIpc) is 2.28. The molecule has 0 spiro atoms. The van der Waals surface area contributed by atoms with Gasteiger partial charge in [0.25, 0.3) is 10.1 Å². The van der Waals surface area contributed by atoms with Crippen LogP contribution in [0, 0.1) is 0 Å². The van der Waals surface area contributed by atoms with Crippen LogP contribution in [0.4, 0.5) is 0 Å². The normalized spacial score (nSPS) is 23.8. The molecule has 6 heteroatoms. The summed E-state index contributed by atoms with van der Waals surface area (Å²) in [7, 11) is -4.41. The molecule has 0 radical (unpaired) electrons. The molecule has 96 valence electrons. The van der Waals surface area contributed by atoms with E-state index in [-0.39, 0.29) is 12.2 Å². The second-order valence-corrected chi connectivity index (χ2v) is 5.89. The van der Waals surface area contributed by atoms with Gasteiger partial charge in [-0.25, -0.2) is 0 Å². The highest BCUT2D eigenvalue weighted by Crippen LogP contribution is 2.35. The van der Waals surface area contributed by atoms with Gasteiger partial charge in [-0.1, -0.05) is 30.4 Å². The van der Waals surface area contributed by atoms with Gasteiger partial charge in [-0.2, -0.15) is 8.42 Å². The van der Waals surface area contributed by atoms with E-state index < -0.39 is 15.0 Å². The number of para-hydroxylation sites is 1. The van der Waals surface area contributed by atoms with Crippen molar-refractivity contribution in [1.29, 1.82) is 0 Å². The molecule has 0 aromatic heterocycles. The highest BCUT2D eigenvalue weighted by molar-refractivity contribution is 7.87. The van der Waals surface area contributed by atoms with Crippen LogP contribution in [-0.4, -0.2) is 22.9 Å². The summed E-state index contributed by atoms with van der Waals surface area (Å²) in [4.78, 5) is -1.85. The van der Waals surface area contributed by atoms with Crippen LogP contribution in [0.5, 0.6) is 5.75 Å². The van der Waals surface area contributed by atoms with Crippen molar-refractivity contribution in [1.82, 2.24) is 0 Å². The first-order valence-electron chi connectivity index (χ1n) is 5.26. The third-order valence-corrected chi connectivity index (χ3v) is 4.11. The van der Waals surface area contributed by atoms with Crippen molar-refractivity contribution in [3.8, 4) is 5.75 Å². The Hall–Kier alpha value is -1.63. The second kappa shape index (κ2) is 4.24. The Kier molecular flexibility index (Phi) is 3.02. The van der Waals surface area contributed by atoms with Crippen LogP contribution in [0.3, 0.4) is 0 Å². The lowest BCUT2D eigenvalue weighted by molar-refractivity contribution is 0.447. The number of phenolic OH excluding ortho intramolecular Hbond substituents is 1. The van der Waals surface area contributed by atoms with Gasteiger partial charge in [0.1, 0.15) is 5.75 Å². The maximum absolute atomic E-state index is 11.3. The third-order valence-electron chi connectivity index (χ3n) is 2.87. The van der Waals surface area contributed by atoms with E-state index >= 15 is 0 Å². The predicted molar refractivity (Wildman–Crippen MR) is 68.3 cm³/mol. The van der Waals surface area contributed by atoms with E-state index in [0.29, 0.717) is 11.1 Å². The van der Waals surface area contributed by atoms with Gasteiger partial charge < -0.3 is 10.8 Å². The van der Waals surface area contributed by atoms with Gasteiger partial charge in [0.2, 0.25) is 0 Å². The third kappa shape index (κ3) is 2.17. The maximum Gasteiger partial charge on any atom is 0.287 e. The van der Waals surface area contributed by atoms with E-state index in [9.17, 15) is 13.5 Å². The van der Waals surface area contributed by atoms with Crippen LogP contribution in [0.1, 0.15) is 12.0 Å². The highest BCUT2D eigenvalue weighted by atomic mass is 32.2. The molecule has 0 saturated heterocycles. The average molecular weight is 267 g/mol. The van der Waals surface area contributed by atoms with E-state index in [4.69, 9.17) is 10.3 Å². The molecular weight excluding hydrogens is 254 g/mol. The zero-order chi connectivity index (χ0) is 13.4. The summed E-state index contributed by atoms with van der Waals surface area (Å²) < 4.78 is 31.7. The topological polar surface area (TPSA) is 101 Å². The molecule has 1 aromatic rings. The summed E-state index contributed by atoms with van der Waals surface area (Å²) in [5.74, 6) is 0.0386. The fourth-order valence-electron chi connectivity index (χ4n) is 1.85. The van der Waals surface area contributed by atoms with Crippen molar-refractivity contribution >= 4 is 15.7 Å². The fourth-order valence-corrected chi connectivity index (χ4v) is 2.44. The van der Waals surface area contributed by atoms with E-state index in [2.05, 4.69) is 0 Å². The molecule has 1 aromatic carbocycles. The Morgan fingerprint density at radius 3 is 2.56 bits per heavy atom. The van der Waals surface area contributed by atoms with Crippen molar-refractivity contribution in [3.63, 3.8) is 0 Å². The summed E-state index contributed by atoms with van der Waals surface area (Å²) in [6, 6.07) is 6.54. The minimum absolute atomic E-state index is 0.0386. The van der Waals surface area contributed by atoms with Gasteiger partial charge in [0, 0.05) is 12.0 Å². The number of hydrogen-bond acceptors (Lipinski definition) is 4. The van der Waals surface area contributed by atoms with E-state index in [0.717, 1.165) is 0 Å². The monoisotopic (exact) mass is 267 g/mol. The number of hydrogen-bond donors (Lipinski definition) is 3. The Balaban J connectivity index is 2.43. The highest BCUT2D eigenvalue weighted by Gasteiger charge is 2.38. The lowest BCUT2D eigenvalue weighted by Crippen LogP contribution is -2.46. The zero-order valence-electron chi connectivity index (χ0n) is 9.45. The lowest BCUT2D eigenvalue weighted by Gasteiger charge is -2.26. The van der Waals surface area contributed by atoms with Crippen LogP contribution < -0.4 is 5.73 Å². The van der Waals surface area contributed by atoms with Crippen molar-refractivity contribution in [2.45, 2.75) is 11.3 Å². The number of allylic oxidation sites excluding steroid dienone is 2. The van der Waals surface area contributed by atoms with Crippen LogP contribution in [-0.2, 0) is 10.1 Å². The predicted octanol–water partition coefficient (Wildman–Crippen LogP) is 1.28. The van der Waals surface area contributed by atoms with Crippen LogP contribution in [0.2, 0.25) is 0 Å². The number of aromatic hydroxyl groups is 1. The van der Waals surface area contributed by atoms with Crippen molar-refractivity contribution in [2.75, 3.05) is 0 Å². The van der Waals surface area contributed by atoms with Crippen molar-refractivity contribution in [3.05, 3.63) is 48.1 Å². The minimum Gasteiger partial charge on any atom is -0.507 e. The van der Waals surface area contributed by atoms with Gasteiger partial charge >= 0.3 is 0 Å². The first-order valence-corrected chi connectivity index (χ1v) is 6.70. The van der Waals surface area contributed by atoms with Gasteiger partial charge in [-0.05, 0) is 17.7 Å². The van der Waals surface area contributed by atoms with Gasteiger partial charge in [-0.15, -0.1) is 0 Å². The molecule has 0 fully saturated rings. The molecule has 0 bridgehead atoms. The van der Waals surface area contributed by atoms with E-state index in [1.54, 1.807) is 24.3 Å². The summed E-state index contributed by atoms with van der Waals surface area (Å²) in [5, 5.41) is 9.72. The summed E-state index contributed by atoms with van der Waals surface area (Å²) in [6.07, 6.45) is 4.25. The number of rotatable bonds is 2. The molecule has 2 rings (SSSR count). The summed E-state index contributed by atoms with van der Waals surface area (Å²) >= 11 is 0. The Bertz CT molecular complexity index is 633. The summed E-state index contributed by atoms with van der Waals surface area (Å²) in [5.41, 5.74) is 6.72.